The van der Waals surface area contributed by atoms with Crippen molar-refractivity contribution in [2.45, 2.75) is 174 Å². The third-order valence-corrected chi connectivity index (χ3v) is 9.15. The van der Waals surface area contributed by atoms with Gasteiger partial charge in [-0.05, 0) is 70.6 Å². The lowest BCUT2D eigenvalue weighted by molar-refractivity contribution is -0.887. The second kappa shape index (κ2) is 37.0. The number of hydrogen-bond acceptors (Lipinski definition) is 6. The molecule has 0 aliphatic heterocycles. The molecule has 0 aromatic rings. The molecule has 310 valence electrons. The van der Waals surface area contributed by atoms with Crippen molar-refractivity contribution in [2.75, 3.05) is 41.0 Å². The van der Waals surface area contributed by atoms with Crippen molar-refractivity contribution in [3.05, 3.63) is 60.8 Å². The summed E-state index contributed by atoms with van der Waals surface area (Å²) >= 11 is 0. The molecule has 0 rings (SSSR count). The number of rotatable bonds is 37. The number of ether oxygens (including phenoxy) is 3. The lowest BCUT2D eigenvalue weighted by Gasteiger charge is -2.31. The van der Waals surface area contributed by atoms with E-state index >= 15 is 0 Å². The van der Waals surface area contributed by atoms with Crippen molar-refractivity contribution in [1.82, 2.24) is 0 Å². The van der Waals surface area contributed by atoms with Gasteiger partial charge in [0.15, 0.2) is 12.1 Å². The van der Waals surface area contributed by atoms with Crippen molar-refractivity contribution in [1.29, 1.82) is 0 Å². The summed E-state index contributed by atoms with van der Waals surface area (Å²) in [4.78, 5) is 36.9. The van der Waals surface area contributed by atoms with Crippen LogP contribution in [0.1, 0.15) is 162 Å². The number of unbranched alkanes of at least 4 members (excludes halogenated alkanes) is 13. The molecule has 0 amide bonds. The van der Waals surface area contributed by atoms with Crippen LogP contribution < -0.4 is 0 Å². The van der Waals surface area contributed by atoms with Gasteiger partial charge in [0.05, 0.1) is 34.4 Å². The molecule has 0 heterocycles. The number of likely N-dealkylation sites (N-methyl/N-ethyl adjacent to an activating group) is 1. The molecule has 0 radical (unpaired) electrons. The summed E-state index contributed by atoms with van der Waals surface area (Å²) in [5.74, 6) is -1.50. The van der Waals surface area contributed by atoms with Crippen molar-refractivity contribution in [3.63, 3.8) is 0 Å². The van der Waals surface area contributed by atoms with E-state index in [4.69, 9.17) is 14.2 Å². The summed E-state index contributed by atoms with van der Waals surface area (Å²) in [5, 5.41) is 9.60. The molecule has 2 unspecified atom stereocenters. The number of carboxylic acids is 1. The number of carbonyl (C=O) groups excluding carboxylic acids is 2. The van der Waals surface area contributed by atoms with Crippen LogP contribution in [-0.4, -0.2) is 80.6 Å². The average Bonchev–Trinajstić information content (AvgIpc) is 3.12. The van der Waals surface area contributed by atoms with Gasteiger partial charge in [-0.1, -0.05) is 132 Å². The fourth-order valence-electron chi connectivity index (χ4n) is 5.83. The Morgan fingerprint density at radius 2 is 1.04 bits per heavy atom. The highest BCUT2D eigenvalue weighted by Crippen LogP contribution is 2.13. The first-order valence-electron chi connectivity index (χ1n) is 21.3. The van der Waals surface area contributed by atoms with Crippen LogP contribution in [0.2, 0.25) is 0 Å². The zero-order valence-corrected chi connectivity index (χ0v) is 35.2. The van der Waals surface area contributed by atoms with Crippen LogP contribution >= 0.6 is 0 Å². The SMILES string of the molecule is CC/C=C/C/C=C/C/C=C/C/C=C/CCCCCCCCC(=O)OCC(COCCC(C(=O)O)[N+](C)(C)C)OC(=O)CCCCCCC/C=C/CCCC. The Labute approximate surface area is 330 Å². The molecule has 0 saturated heterocycles. The van der Waals surface area contributed by atoms with E-state index in [0.717, 1.165) is 96.3 Å². The van der Waals surface area contributed by atoms with Gasteiger partial charge in [0.2, 0.25) is 0 Å². The Bertz CT molecular complexity index is 1070. The third kappa shape index (κ3) is 34.8. The molecule has 2 atom stereocenters. The number of carbonyl (C=O) groups is 3. The van der Waals surface area contributed by atoms with Gasteiger partial charge >= 0.3 is 17.9 Å². The Kier molecular flexibility index (Phi) is 34.9. The zero-order valence-electron chi connectivity index (χ0n) is 35.2. The molecule has 0 aromatic heterocycles. The largest absolute Gasteiger partial charge is 0.477 e. The molecule has 54 heavy (non-hydrogen) atoms. The summed E-state index contributed by atoms with van der Waals surface area (Å²) in [6.07, 6.45) is 44.0. The second-order valence-electron chi connectivity index (χ2n) is 15.2. The zero-order chi connectivity index (χ0) is 40.0. The van der Waals surface area contributed by atoms with Crippen LogP contribution in [0.3, 0.4) is 0 Å². The molecule has 0 aliphatic carbocycles. The summed E-state index contributed by atoms with van der Waals surface area (Å²) in [6.45, 7) is 4.54. The fraction of sp³-hybridized carbons (Fsp3) is 0.717. The molecule has 8 heteroatoms. The van der Waals surface area contributed by atoms with E-state index < -0.39 is 18.1 Å². The molecular weight excluding hydrogens is 679 g/mol. The molecule has 8 nitrogen and oxygen atoms in total. The topological polar surface area (TPSA) is 99.1 Å². The highest BCUT2D eigenvalue weighted by atomic mass is 16.6. The molecule has 0 bridgehead atoms. The molecule has 0 aliphatic rings. The maximum Gasteiger partial charge on any atom is 0.362 e. The van der Waals surface area contributed by atoms with Crippen LogP contribution in [0.5, 0.6) is 0 Å². The Morgan fingerprint density at radius 1 is 0.574 bits per heavy atom. The van der Waals surface area contributed by atoms with Crippen LogP contribution in [-0.2, 0) is 28.6 Å². The summed E-state index contributed by atoms with van der Waals surface area (Å²) in [5.41, 5.74) is 0. The monoisotopic (exact) mass is 759 g/mol. The van der Waals surface area contributed by atoms with Gasteiger partial charge in [-0.2, -0.15) is 0 Å². The third-order valence-electron chi connectivity index (χ3n) is 9.15. The molecule has 0 spiro atoms. The van der Waals surface area contributed by atoms with Crippen LogP contribution in [0.15, 0.2) is 60.8 Å². The first-order chi connectivity index (χ1) is 26.1. The molecule has 0 saturated carbocycles. The second-order valence-corrected chi connectivity index (χ2v) is 15.2. The van der Waals surface area contributed by atoms with Crippen molar-refractivity contribution >= 4 is 17.9 Å². The molecule has 1 N–H and O–H groups in total. The van der Waals surface area contributed by atoms with E-state index in [1.165, 1.54) is 32.1 Å². The average molecular weight is 759 g/mol. The quantitative estimate of drug-likeness (QED) is 0.0291. The maximum atomic E-state index is 12.7. The standard InChI is InChI=1S/C46H79NO7/c1-6-8-10-12-14-16-18-19-20-21-22-23-24-25-27-28-30-32-34-36-44(48)53-41-42(40-52-39-38-43(46(50)51)47(3,4)5)54-45(49)37-35-33-31-29-26-17-15-13-11-9-7-2/h8,10,13-16,19-20,22-23,42-43H,6-7,9,11-12,17-18,21,24-41H2,1-5H3/p+1/b10-8+,15-13+,16-14+,20-19+,23-22+. The number of carboxylic acid groups (broad SMARTS) is 1. The van der Waals surface area contributed by atoms with Crippen LogP contribution in [0, 0.1) is 0 Å². The van der Waals surface area contributed by atoms with Crippen LogP contribution in [0.25, 0.3) is 0 Å². The van der Waals surface area contributed by atoms with Gasteiger partial charge in [-0.25, -0.2) is 4.79 Å². The van der Waals surface area contributed by atoms with Crippen LogP contribution in [0.4, 0.5) is 0 Å². The lowest BCUT2D eigenvalue weighted by Crippen LogP contribution is -2.50. The van der Waals surface area contributed by atoms with Gasteiger partial charge in [-0.15, -0.1) is 0 Å². The number of nitrogens with zero attached hydrogens (tertiary/aromatic N) is 1. The maximum absolute atomic E-state index is 12.7. The van der Waals surface area contributed by atoms with E-state index in [0.29, 0.717) is 19.3 Å². The minimum absolute atomic E-state index is 0.0508. The van der Waals surface area contributed by atoms with Crippen molar-refractivity contribution in [2.24, 2.45) is 0 Å². The summed E-state index contributed by atoms with van der Waals surface area (Å²) in [6, 6.07) is -0.619. The highest BCUT2D eigenvalue weighted by Gasteiger charge is 2.31. The molecular formula is C46H80NO7+. The van der Waals surface area contributed by atoms with Gasteiger partial charge in [0, 0.05) is 19.3 Å². The fourth-order valence-corrected chi connectivity index (χ4v) is 5.83. The van der Waals surface area contributed by atoms with Gasteiger partial charge in [-0.3, -0.25) is 9.59 Å². The number of esters is 2. The van der Waals surface area contributed by atoms with Crippen molar-refractivity contribution < 1.29 is 38.2 Å². The summed E-state index contributed by atoms with van der Waals surface area (Å²) < 4.78 is 17.2. The van der Waals surface area contributed by atoms with Gasteiger partial charge in [0.25, 0.3) is 0 Å². The van der Waals surface area contributed by atoms with E-state index in [-0.39, 0.29) is 36.2 Å². The van der Waals surface area contributed by atoms with E-state index in [1.807, 2.05) is 21.1 Å². The number of aliphatic carboxylic acids is 1. The highest BCUT2D eigenvalue weighted by molar-refractivity contribution is 5.72. The number of quaternary nitrogens is 1. The first kappa shape index (κ1) is 51.0. The minimum Gasteiger partial charge on any atom is -0.477 e. The van der Waals surface area contributed by atoms with E-state index in [1.54, 1.807) is 0 Å². The van der Waals surface area contributed by atoms with Gasteiger partial charge < -0.3 is 23.8 Å². The molecule has 0 aromatic carbocycles. The Hall–Kier alpha value is -2.97. The first-order valence-corrected chi connectivity index (χ1v) is 21.3. The smallest absolute Gasteiger partial charge is 0.362 e. The van der Waals surface area contributed by atoms with E-state index in [9.17, 15) is 19.5 Å². The lowest BCUT2D eigenvalue weighted by atomic mass is 10.1. The molecule has 0 fully saturated rings. The normalized spacial score (nSPS) is 13.6. The predicted molar refractivity (Wildman–Crippen MR) is 224 cm³/mol. The van der Waals surface area contributed by atoms with E-state index in [2.05, 4.69) is 74.6 Å². The Balaban J connectivity index is 4.35. The Morgan fingerprint density at radius 3 is 1.56 bits per heavy atom. The minimum atomic E-state index is -0.881. The number of allylic oxidation sites excluding steroid dienone is 10. The predicted octanol–water partition coefficient (Wildman–Crippen LogP) is 11.4. The van der Waals surface area contributed by atoms with Gasteiger partial charge in [0.1, 0.15) is 6.61 Å². The van der Waals surface area contributed by atoms with Crippen molar-refractivity contribution in [3.8, 4) is 0 Å². The summed E-state index contributed by atoms with van der Waals surface area (Å²) in [7, 11) is 5.51. The number of hydrogen-bond donors (Lipinski definition) is 1.